The maximum atomic E-state index is 9.10. The minimum absolute atomic E-state index is 0.865. The summed E-state index contributed by atoms with van der Waals surface area (Å²) in [6.07, 6.45) is 8.17. The van der Waals surface area contributed by atoms with Crippen molar-refractivity contribution in [3.05, 3.63) is 35.4 Å². The molecule has 2 aliphatic heterocycles. The van der Waals surface area contributed by atoms with E-state index in [2.05, 4.69) is 41.0 Å². The predicted octanol–water partition coefficient (Wildman–Crippen LogP) is 2.85. The maximum Gasteiger partial charge on any atom is 0.414 e. The molecule has 0 spiro atoms. The molecule has 2 saturated heterocycles. The van der Waals surface area contributed by atoms with Gasteiger partial charge in [-0.15, -0.1) is 0 Å². The highest BCUT2D eigenvalue weighted by atomic mass is 16.4. The highest BCUT2D eigenvalue weighted by Gasteiger charge is 2.25. The molecule has 2 fully saturated rings. The highest BCUT2D eigenvalue weighted by molar-refractivity contribution is 6.27. The topological polar surface area (TPSA) is 81.1 Å². The molecule has 1 aromatic rings. The lowest BCUT2D eigenvalue weighted by Gasteiger charge is -2.40. The van der Waals surface area contributed by atoms with E-state index in [0.29, 0.717) is 0 Å². The quantitative estimate of drug-likeness (QED) is 0.787. The van der Waals surface area contributed by atoms with E-state index < -0.39 is 11.9 Å². The molecule has 150 valence electrons. The lowest BCUT2D eigenvalue weighted by molar-refractivity contribution is -0.159. The Bertz CT molecular complexity index is 577. The van der Waals surface area contributed by atoms with Gasteiger partial charge in [-0.05, 0) is 69.4 Å². The Kier molecular flexibility index (Phi) is 8.75. The molecule has 1 aromatic carbocycles. The Morgan fingerprint density at radius 1 is 0.889 bits per heavy atom. The molecule has 0 atom stereocenters. The van der Waals surface area contributed by atoms with Gasteiger partial charge in [-0.2, -0.15) is 0 Å². The van der Waals surface area contributed by atoms with Gasteiger partial charge in [0.25, 0.3) is 0 Å². The van der Waals surface area contributed by atoms with Crippen LogP contribution in [0.4, 0.5) is 0 Å². The van der Waals surface area contributed by atoms with E-state index >= 15 is 0 Å². The second kappa shape index (κ2) is 11.0. The molecule has 6 nitrogen and oxygen atoms in total. The summed E-state index contributed by atoms with van der Waals surface area (Å²) in [5.41, 5.74) is 2.92. The zero-order valence-electron chi connectivity index (χ0n) is 16.3. The normalized spacial score (nSPS) is 19.1. The van der Waals surface area contributed by atoms with Gasteiger partial charge in [0.05, 0.1) is 0 Å². The molecule has 2 heterocycles. The molecule has 27 heavy (non-hydrogen) atoms. The third-order valence-corrected chi connectivity index (χ3v) is 5.48. The van der Waals surface area contributed by atoms with Crippen LogP contribution in [0.5, 0.6) is 0 Å². The van der Waals surface area contributed by atoms with Gasteiger partial charge in [0.15, 0.2) is 0 Å². The predicted molar refractivity (Wildman–Crippen MR) is 105 cm³/mol. The average Bonchev–Trinajstić information content (AvgIpc) is 2.70. The first-order valence-corrected chi connectivity index (χ1v) is 10.00. The molecule has 2 N–H and O–H groups in total. The number of aliphatic carboxylic acids is 2. The van der Waals surface area contributed by atoms with Crippen LogP contribution in [-0.2, 0) is 22.6 Å². The van der Waals surface area contributed by atoms with Gasteiger partial charge in [-0.25, -0.2) is 9.59 Å². The summed E-state index contributed by atoms with van der Waals surface area (Å²) in [6.45, 7) is 8.61. The van der Waals surface area contributed by atoms with E-state index in [1.54, 1.807) is 0 Å². The lowest BCUT2D eigenvalue weighted by Crippen LogP contribution is -2.46. The van der Waals surface area contributed by atoms with Gasteiger partial charge in [-0.3, -0.25) is 4.90 Å². The molecule has 3 rings (SSSR count). The number of carboxylic acids is 2. The number of aryl methyl sites for hydroxylation is 1. The van der Waals surface area contributed by atoms with Crippen molar-refractivity contribution in [1.29, 1.82) is 0 Å². The van der Waals surface area contributed by atoms with Gasteiger partial charge in [0, 0.05) is 12.6 Å². The SMILES string of the molecule is CCc1ccc(CN2CCC(N3CCCCC3)CC2)cc1.O=C(O)C(=O)O. The summed E-state index contributed by atoms with van der Waals surface area (Å²) in [5.74, 6) is -3.65. The second-order valence-electron chi connectivity index (χ2n) is 7.38. The van der Waals surface area contributed by atoms with Crippen LogP contribution >= 0.6 is 0 Å². The number of benzene rings is 1. The molecule has 0 aliphatic carbocycles. The number of hydrogen-bond donors (Lipinski definition) is 2. The lowest BCUT2D eigenvalue weighted by atomic mass is 9.99. The van der Waals surface area contributed by atoms with E-state index in [0.717, 1.165) is 19.0 Å². The molecule has 0 unspecified atom stereocenters. The Hall–Kier alpha value is -1.92. The van der Waals surface area contributed by atoms with E-state index in [1.165, 1.54) is 69.4 Å². The number of piperidine rings is 2. The maximum absolute atomic E-state index is 9.10. The Labute approximate surface area is 161 Å². The number of carbonyl (C=O) groups is 2. The first-order chi connectivity index (χ1) is 13.0. The van der Waals surface area contributed by atoms with Crippen molar-refractivity contribution in [3.8, 4) is 0 Å². The van der Waals surface area contributed by atoms with Crippen LogP contribution in [0.15, 0.2) is 24.3 Å². The first-order valence-electron chi connectivity index (χ1n) is 10.00. The second-order valence-corrected chi connectivity index (χ2v) is 7.38. The number of nitrogens with zero attached hydrogens (tertiary/aromatic N) is 2. The van der Waals surface area contributed by atoms with Crippen LogP contribution < -0.4 is 0 Å². The van der Waals surface area contributed by atoms with Gasteiger partial charge in [0.2, 0.25) is 0 Å². The number of rotatable bonds is 4. The summed E-state index contributed by atoms with van der Waals surface area (Å²) in [4.78, 5) is 23.6. The summed E-state index contributed by atoms with van der Waals surface area (Å²) in [5, 5.41) is 14.8. The van der Waals surface area contributed by atoms with E-state index in [-0.39, 0.29) is 0 Å². The van der Waals surface area contributed by atoms with Crippen molar-refractivity contribution in [2.75, 3.05) is 26.2 Å². The Morgan fingerprint density at radius 2 is 1.41 bits per heavy atom. The van der Waals surface area contributed by atoms with Gasteiger partial charge < -0.3 is 15.1 Å². The molecular formula is C21H32N2O4. The third-order valence-electron chi connectivity index (χ3n) is 5.48. The molecule has 0 aromatic heterocycles. The molecular weight excluding hydrogens is 344 g/mol. The van der Waals surface area contributed by atoms with Gasteiger partial charge in [-0.1, -0.05) is 37.6 Å². The third kappa shape index (κ3) is 7.31. The van der Waals surface area contributed by atoms with Crippen molar-refractivity contribution in [1.82, 2.24) is 9.80 Å². The Morgan fingerprint density at radius 3 is 1.89 bits per heavy atom. The summed E-state index contributed by atoms with van der Waals surface area (Å²) < 4.78 is 0. The van der Waals surface area contributed by atoms with Crippen LogP contribution in [0.3, 0.4) is 0 Å². The van der Waals surface area contributed by atoms with E-state index in [9.17, 15) is 0 Å². The zero-order valence-corrected chi connectivity index (χ0v) is 16.3. The fourth-order valence-corrected chi connectivity index (χ4v) is 3.86. The monoisotopic (exact) mass is 376 g/mol. The van der Waals surface area contributed by atoms with Crippen LogP contribution in [0.25, 0.3) is 0 Å². The van der Waals surface area contributed by atoms with E-state index in [1.807, 2.05) is 0 Å². The molecule has 0 saturated carbocycles. The van der Waals surface area contributed by atoms with Crippen LogP contribution in [0, 0.1) is 0 Å². The average molecular weight is 376 g/mol. The van der Waals surface area contributed by atoms with Crippen LogP contribution in [-0.4, -0.2) is 64.2 Å². The summed E-state index contributed by atoms with van der Waals surface area (Å²) >= 11 is 0. The fourth-order valence-electron chi connectivity index (χ4n) is 3.86. The minimum Gasteiger partial charge on any atom is -0.473 e. The Balaban J connectivity index is 0.000000380. The van der Waals surface area contributed by atoms with Crippen molar-refractivity contribution in [2.45, 2.75) is 58.0 Å². The van der Waals surface area contributed by atoms with Crippen LogP contribution in [0.2, 0.25) is 0 Å². The fraction of sp³-hybridized carbons (Fsp3) is 0.619. The molecule has 6 heteroatoms. The summed E-state index contributed by atoms with van der Waals surface area (Å²) in [7, 11) is 0. The highest BCUT2D eigenvalue weighted by Crippen LogP contribution is 2.22. The smallest absolute Gasteiger partial charge is 0.414 e. The first kappa shape index (κ1) is 21.4. The van der Waals surface area contributed by atoms with E-state index in [4.69, 9.17) is 19.8 Å². The van der Waals surface area contributed by atoms with Crippen LogP contribution in [0.1, 0.15) is 50.2 Å². The van der Waals surface area contributed by atoms with Gasteiger partial charge >= 0.3 is 11.9 Å². The number of likely N-dealkylation sites (tertiary alicyclic amines) is 2. The zero-order chi connectivity index (χ0) is 19.6. The van der Waals surface area contributed by atoms with Crippen molar-refractivity contribution in [2.24, 2.45) is 0 Å². The molecule has 2 aliphatic rings. The van der Waals surface area contributed by atoms with Gasteiger partial charge in [0.1, 0.15) is 0 Å². The standard InChI is InChI=1S/C19H30N2.C2H2O4/c1-2-17-6-8-18(9-7-17)16-20-14-10-19(11-15-20)21-12-4-3-5-13-21;3-1(4)2(5)6/h6-9,19H,2-5,10-16H2,1H3;(H,3,4)(H,5,6). The van der Waals surface area contributed by atoms with Crippen molar-refractivity contribution in [3.63, 3.8) is 0 Å². The number of carboxylic acid groups (broad SMARTS) is 2. The number of hydrogen-bond acceptors (Lipinski definition) is 4. The summed E-state index contributed by atoms with van der Waals surface area (Å²) in [6, 6.07) is 10.1. The van der Waals surface area contributed by atoms with Crippen molar-refractivity contribution >= 4 is 11.9 Å². The minimum atomic E-state index is -1.82. The van der Waals surface area contributed by atoms with Crippen molar-refractivity contribution < 1.29 is 19.8 Å². The largest absolute Gasteiger partial charge is 0.473 e. The molecule has 0 bridgehead atoms. The molecule has 0 radical (unpaired) electrons. The molecule has 0 amide bonds.